The number of aliphatic hydroxyl groups excluding tert-OH is 1. The highest BCUT2D eigenvalue weighted by atomic mass is 35.5. The largest absolute Gasteiger partial charge is 0.506 e. The summed E-state index contributed by atoms with van der Waals surface area (Å²) in [6, 6.07) is 4.69. The molecule has 0 heterocycles. The van der Waals surface area contributed by atoms with Gasteiger partial charge in [0.1, 0.15) is 12.4 Å². The van der Waals surface area contributed by atoms with Crippen LogP contribution in [-0.2, 0) is 6.54 Å². The number of hydrogen-bond donors (Lipinski definition) is 3. The van der Waals surface area contributed by atoms with Crippen LogP contribution in [0.4, 0.5) is 8.78 Å². The lowest BCUT2D eigenvalue weighted by Crippen LogP contribution is -2.35. The van der Waals surface area contributed by atoms with Gasteiger partial charge in [-0.15, -0.1) is 0 Å². The fraction of sp³-hybridized carbons (Fsp3) is 0.400. The molecule has 0 radical (unpaired) electrons. The van der Waals surface area contributed by atoms with Crippen LogP contribution in [0.2, 0.25) is 5.02 Å². The molecule has 0 spiro atoms. The van der Waals surface area contributed by atoms with Gasteiger partial charge >= 0.3 is 0 Å². The molecule has 0 aliphatic heterocycles. The van der Waals surface area contributed by atoms with Crippen molar-refractivity contribution in [2.45, 2.75) is 12.5 Å². The Labute approximate surface area is 96.7 Å². The van der Waals surface area contributed by atoms with E-state index in [1.54, 1.807) is 12.1 Å². The van der Waals surface area contributed by atoms with Crippen molar-refractivity contribution in [1.82, 2.24) is 5.32 Å². The molecule has 6 heteroatoms. The van der Waals surface area contributed by atoms with Crippen molar-refractivity contribution >= 4 is 11.6 Å². The predicted octanol–water partition coefficient (Wildman–Crippen LogP) is 1.76. The fourth-order valence-corrected chi connectivity index (χ4v) is 1.33. The maximum absolute atomic E-state index is 12.6. The molecule has 0 saturated carbocycles. The average molecular weight is 252 g/mol. The van der Waals surface area contributed by atoms with Crippen LogP contribution in [0.25, 0.3) is 0 Å². The minimum Gasteiger partial charge on any atom is -0.506 e. The van der Waals surface area contributed by atoms with E-state index in [0.29, 0.717) is 5.56 Å². The summed E-state index contributed by atoms with van der Waals surface area (Å²) < 4.78 is 25.3. The van der Waals surface area contributed by atoms with E-state index in [9.17, 15) is 13.9 Å². The molecule has 3 N–H and O–H groups in total. The maximum atomic E-state index is 12.6. The third kappa shape index (κ3) is 3.59. The lowest BCUT2D eigenvalue weighted by atomic mass is 10.2. The molecule has 0 fully saturated rings. The first-order valence-corrected chi connectivity index (χ1v) is 5.00. The number of para-hydroxylation sites is 1. The molecular formula is C10H12ClF2NO2. The first kappa shape index (κ1) is 13.2. The Morgan fingerprint density at radius 2 is 2.06 bits per heavy atom. The first-order valence-electron chi connectivity index (χ1n) is 4.62. The predicted molar refractivity (Wildman–Crippen MR) is 56.9 cm³/mol. The molecule has 90 valence electrons. The highest BCUT2D eigenvalue weighted by Gasteiger charge is 2.26. The zero-order chi connectivity index (χ0) is 12.2. The summed E-state index contributed by atoms with van der Waals surface area (Å²) >= 11 is 5.64. The second kappa shape index (κ2) is 5.43. The molecule has 0 amide bonds. The third-order valence-corrected chi connectivity index (χ3v) is 2.31. The Morgan fingerprint density at radius 1 is 1.38 bits per heavy atom. The summed E-state index contributed by atoms with van der Waals surface area (Å²) in [5, 5.41) is 20.4. The number of alkyl halides is 2. The molecule has 0 unspecified atom stereocenters. The van der Waals surface area contributed by atoms with E-state index < -0.39 is 19.1 Å². The Bertz CT molecular complexity index is 361. The molecule has 0 bridgehead atoms. The summed E-state index contributed by atoms with van der Waals surface area (Å²) in [4.78, 5) is 0. The van der Waals surface area contributed by atoms with E-state index in [1.807, 2.05) is 0 Å². The van der Waals surface area contributed by atoms with Gasteiger partial charge in [-0.3, -0.25) is 0 Å². The number of phenols is 1. The number of rotatable bonds is 5. The van der Waals surface area contributed by atoms with E-state index >= 15 is 0 Å². The van der Waals surface area contributed by atoms with Crippen molar-refractivity contribution in [2.75, 3.05) is 13.2 Å². The average Bonchev–Trinajstić information content (AvgIpc) is 2.24. The van der Waals surface area contributed by atoms with Crippen LogP contribution in [0.5, 0.6) is 5.75 Å². The van der Waals surface area contributed by atoms with Crippen molar-refractivity contribution in [2.24, 2.45) is 0 Å². The maximum Gasteiger partial charge on any atom is 0.282 e. The van der Waals surface area contributed by atoms with E-state index in [2.05, 4.69) is 5.32 Å². The molecular weight excluding hydrogens is 240 g/mol. The second-order valence-corrected chi connectivity index (χ2v) is 3.77. The Morgan fingerprint density at radius 3 is 2.69 bits per heavy atom. The van der Waals surface area contributed by atoms with Crippen molar-refractivity contribution in [3.05, 3.63) is 28.8 Å². The van der Waals surface area contributed by atoms with Crippen LogP contribution in [0.15, 0.2) is 18.2 Å². The smallest absolute Gasteiger partial charge is 0.282 e. The van der Waals surface area contributed by atoms with Crippen LogP contribution < -0.4 is 5.32 Å². The molecule has 3 nitrogen and oxygen atoms in total. The van der Waals surface area contributed by atoms with Gasteiger partial charge < -0.3 is 15.5 Å². The summed E-state index contributed by atoms with van der Waals surface area (Å²) in [5.74, 6) is -3.28. The van der Waals surface area contributed by atoms with Crippen LogP contribution >= 0.6 is 11.6 Å². The van der Waals surface area contributed by atoms with Crippen molar-refractivity contribution < 1.29 is 19.0 Å². The van der Waals surface area contributed by atoms with Gasteiger partial charge in [0.25, 0.3) is 5.92 Å². The topological polar surface area (TPSA) is 52.5 Å². The molecule has 16 heavy (non-hydrogen) atoms. The monoisotopic (exact) mass is 251 g/mol. The highest BCUT2D eigenvalue weighted by molar-refractivity contribution is 6.32. The summed E-state index contributed by atoms with van der Waals surface area (Å²) in [6.45, 7) is -1.81. The third-order valence-electron chi connectivity index (χ3n) is 2.00. The normalized spacial score (nSPS) is 11.8. The summed E-state index contributed by atoms with van der Waals surface area (Å²) in [5.41, 5.74) is 0.432. The zero-order valence-electron chi connectivity index (χ0n) is 8.38. The lowest BCUT2D eigenvalue weighted by molar-refractivity contribution is -0.0478. The quantitative estimate of drug-likeness (QED) is 0.748. The van der Waals surface area contributed by atoms with E-state index in [0.717, 1.165) is 0 Å². The van der Waals surface area contributed by atoms with Crippen molar-refractivity contribution in [3.63, 3.8) is 0 Å². The molecule has 1 rings (SSSR count). The van der Waals surface area contributed by atoms with Gasteiger partial charge in [0.2, 0.25) is 0 Å². The number of aliphatic hydroxyl groups is 1. The molecule has 0 saturated heterocycles. The summed E-state index contributed by atoms with van der Waals surface area (Å²) in [7, 11) is 0. The lowest BCUT2D eigenvalue weighted by Gasteiger charge is -2.14. The number of halogens is 3. The van der Waals surface area contributed by atoms with Gasteiger partial charge in [0.15, 0.2) is 0 Å². The zero-order valence-corrected chi connectivity index (χ0v) is 9.14. The SMILES string of the molecule is OCC(F)(F)CNCc1cccc(Cl)c1O. The van der Waals surface area contributed by atoms with Gasteiger partial charge in [0.05, 0.1) is 11.6 Å². The van der Waals surface area contributed by atoms with Crippen LogP contribution in [-0.4, -0.2) is 29.3 Å². The van der Waals surface area contributed by atoms with Crippen LogP contribution in [0.1, 0.15) is 5.56 Å². The number of aromatic hydroxyl groups is 1. The summed E-state index contributed by atoms with van der Waals surface area (Å²) in [6.07, 6.45) is 0. The highest BCUT2D eigenvalue weighted by Crippen LogP contribution is 2.26. The van der Waals surface area contributed by atoms with E-state index in [1.165, 1.54) is 6.07 Å². The van der Waals surface area contributed by atoms with Gasteiger partial charge in [0, 0.05) is 12.1 Å². The van der Waals surface area contributed by atoms with Gasteiger partial charge in [-0.2, -0.15) is 0 Å². The molecule has 0 aromatic heterocycles. The van der Waals surface area contributed by atoms with Crippen molar-refractivity contribution in [1.29, 1.82) is 0 Å². The number of benzene rings is 1. The Hall–Kier alpha value is -0.910. The Kier molecular flexibility index (Phi) is 4.46. The van der Waals surface area contributed by atoms with Gasteiger partial charge in [-0.1, -0.05) is 23.7 Å². The molecule has 0 aliphatic rings. The first-order chi connectivity index (χ1) is 7.46. The molecule has 0 atom stereocenters. The van der Waals surface area contributed by atoms with Gasteiger partial charge in [-0.25, -0.2) is 8.78 Å². The molecule has 0 aliphatic carbocycles. The van der Waals surface area contributed by atoms with Crippen LogP contribution in [0, 0.1) is 0 Å². The van der Waals surface area contributed by atoms with E-state index in [4.69, 9.17) is 16.7 Å². The standard InChI is InChI=1S/C10H12ClF2NO2/c11-8-3-1-2-7(9(8)16)4-14-5-10(12,13)6-15/h1-3,14-16H,4-6H2. The minimum atomic E-state index is -3.16. The van der Waals surface area contributed by atoms with E-state index in [-0.39, 0.29) is 17.3 Å². The Balaban J connectivity index is 2.53. The van der Waals surface area contributed by atoms with Crippen LogP contribution in [0.3, 0.4) is 0 Å². The number of nitrogens with one attached hydrogen (secondary N) is 1. The van der Waals surface area contributed by atoms with Crippen molar-refractivity contribution in [3.8, 4) is 5.75 Å². The fourth-order valence-electron chi connectivity index (χ4n) is 1.14. The number of hydrogen-bond acceptors (Lipinski definition) is 3. The number of phenolic OH excluding ortho intramolecular Hbond substituents is 1. The van der Waals surface area contributed by atoms with Gasteiger partial charge in [-0.05, 0) is 6.07 Å². The molecule has 1 aromatic carbocycles. The molecule has 1 aromatic rings. The minimum absolute atomic E-state index is 0.0575. The second-order valence-electron chi connectivity index (χ2n) is 3.37.